The van der Waals surface area contributed by atoms with Gasteiger partial charge >= 0.3 is 6.03 Å². The third kappa shape index (κ3) is 2.70. The summed E-state index contributed by atoms with van der Waals surface area (Å²) < 4.78 is 0. The van der Waals surface area contributed by atoms with Gasteiger partial charge in [-0.25, -0.2) is 4.79 Å². The third-order valence-electron chi connectivity index (χ3n) is 5.64. The van der Waals surface area contributed by atoms with Crippen LogP contribution in [0, 0.1) is 5.92 Å². The van der Waals surface area contributed by atoms with Crippen molar-refractivity contribution in [2.24, 2.45) is 5.92 Å². The predicted molar refractivity (Wildman–Crippen MR) is 88.0 cm³/mol. The molecular formula is C18H23N3O3. The van der Waals surface area contributed by atoms with Crippen molar-refractivity contribution < 1.29 is 14.7 Å². The SMILES string of the molecule is O=C1NC(=O)C2(CC(CO)N(Cc3ccccc3)C(C3CC3)C2)N1. The highest BCUT2D eigenvalue weighted by atomic mass is 16.3. The van der Waals surface area contributed by atoms with Crippen molar-refractivity contribution in [1.82, 2.24) is 15.5 Å². The molecule has 2 saturated heterocycles. The van der Waals surface area contributed by atoms with Crippen molar-refractivity contribution in [1.29, 1.82) is 0 Å². The highest BCUT2D eigenvalue weighted by Gasteiger charge is 2.56. The van der Waals surface area contributed by atoms with E-state index < -0.39 is 11.6 Å². The Morgan fingerprint density at radius 1 is 1.17 bits per heavy atom. The zero-order chi connectivity index (χ0) is 16.7. The van der Waals surface area contributed by atoms with Gasteiger partial charge in [0.2, 0.25) is 0 Å². The highest BCUT2D eigenvalue weighted by Crippen LogP contribution is 2.45. The number of carbonyl (C=O) groups is 2. The molecule has 0 bridgehead atoms. The molecule has 1 spiro atoms. The maximum Gasteiger partial charge on any atom is 0.322 e. The second-order valence-corrected chi connectivity index (χ2v) is 7.30. The number of hydrogen-bond donors (Lipinski definition) is 3. The average Bonchev–Trinajstić information content (AvgIpc) is 3.37. The van der Waals surface area contributed by atoms with Crippen LogP contribution >= 0.6 is 0 Å². The molecule has 3 amide bonds. The molecule has 1 aromatic rings. The fourth-order valence-electron chi connectivity index (χ4n) is 4.29. The van der Waals surface area contributed by atoms with Gasteiger partial charge in [0.25, 0.3) is 5.91 Å². The number of hydrogen-bond acceptors (Lipinski definition) is 4. The maximum absolute atomic E-state index is 12.4. The van der Waals surface area contributed by atoms with Crippen molar-refractivity contribution in [3.05, 3.63) is 35.9 Å². The number of aliphatic hydroxyl groups is 1. The Hall–Kier alpha value is -1.92. The van der Waals surface area contributed by atoms with E-state index in [1.807, 2.05) is 18.2 Å². The molecule has 2 heterocycles. The van der Waals surface area contributed by atoms with Gasteiger partial charge in [0.15, 0.2) is 0 Å². The summed E-state index contributed by atoms with van der Waals surface area (Å²) in [7, 11) is 0. The molecule has 0 aromatic heterocycles. The maximum atomic E-state index is 12.4. The molecule has 3 unspecified atom stereocenters. The molecule has 3 atom stereocenters. The van der Waals surface area contributed by atoms with Crippen molar-refractivity contribution in [2.75, 3.05) is 6.61 Å². The number of carbonyl (C=O) groups excluding carboxylic acids is 2. The lowest BCUT2D eigenvalue weighted by Gasteiger charge is -2.48. The van der Waals surface area contributed by atoms with Gasteiger partial charge in [-0.2, -0.15) is 0 Å². The van der Waals surface area contributed by atoms with Gasteiger partial charge in [0, 0.05) is 18.6 Å². The van der Waals surface area contributed by atoms with Gasteiger partial charge in [-0.3, -0.25) is 15.0 Å². The Balaban J connectivity index is 1.62. The van der Waals surface area contributed by atoms with Crippen LogP contribution in [-0.2, 0) is 11.3 Å². The Morgan fingerprint density at radius 2 is 1.92 bits per heavy atom. The quantitative estimate of drug-likeness (QED) is 0.720. The fourth-order valence-corrected chi connectivity index (χ4v) is 4.29. The minimum absolute atomic E-state index is 0.0129. The number of amides is 3. The molecule has 24 heavy (non-hydrogen) atoms. The van der Waals surface area contributed by atoms with E-state index in [2.05, 4.69) is 27.7 Å². The van der Waals surface area contributed by atoms with Gasteiger partial charge in [0.05, 0.1) is 6.61 Å². The molecule has 6 heteroatoms. The lowest BCUT2D eigenvalue weighted by molar-refractivity contribution is -0.129. The second-order valence-electron chi connectivity index (χ2n) is 7.30. The van der Waals surface area contributed by atoms with E-state index in [0.29, 0.717) is 18.8 Å². The van der Waals surface area contributed by atoms with Gasteiger partial charge in [-0.15, -0.1) is 0 Å². The Labute approximate surface area is 141 Å². The first kappa shape index (κ1) is 15.6. The molecule has 128 valence electrons. The molecule has 1 aromatic carbocycles. The minimum Gasteiger partial charge on any atom is -0.395 e. The number of rotatable bonds is 4. The molecule has 0 radical (unpaired) electrons. The monoisotopic (exact) mass is 329 g/mol. The second kappa shape index (κ2) is 5.86. The summed E-state index contributed by atoms with van der Waals surface area (Å²) in [5.41, 5.74) is 0.350. The summed E-state index contributed by atoms with van der Waals surface area (Å²) in [5.74, 6) is 0.307. The summed E-state index contributed by atoms with van der Waals surface area (Å²) >= 11 is 0. The number of likely N-dealkylation sites (tertiary alicyclic amines) is 1. The summed E-state index contributed by atoms with van der Waals surface area (Å²) in [5, 5.41) is 15.2. The minimum atomic E-state index is -0.856. The first-order valence-electron chi connectivity index (χ1n) is 8.65. The van der Waals surface area contributed by atoms with Gasteiger partial charge in [0.1, 0.15) is 5.54 Å². The van der Waals surface area contributed by atoms with Crippen LogP contribution in [0.2, 0.25) is 0 Å². The molecule has 1 saturated carbocycles. The van der Waals surface area contributed by atoms with Crippen LogP contribution in [0.25, 0.3) is 0 Å². The molecular weight excluding hydrogens is 306 g/mol. The number of aliphatic hydroxyl groups excluding tert-OH is 1. The molecule has 3 aliphatic rings. The number of benzene rings is 1. The van der Waals surface area contributed by atoms with Crippen LogP contribution in [0.4, 0.5) is 4.79 Å². The number of imide groups is 1. The Morgan fingerprint density at radius 3 is 2.50 bits per heavy atom. The van der Waals surface area contributed by atoms with Crippen LogP contribution in [0.15, 0.2) is 30.3 Å². The van der Waals surface area contributed by atoms with Gasteiger partial charge in [-0.05, 0) is 37.2 Å². The first-order valence-corrected chi connectivity index (χ1v) is 8.65. The lowest BCUT2D eigenvalue weighted by atomic mass is 9.77. The standard InChI is InChI=1S/C18H23N3O3/c22-11-14-8-18(16(23)19-17(24)20-18)9-15(13-6-7-13)21(14)10-12-4-2-1-3-5-12/h1-5,13-15,22H,6-11H2,(H2,19,20,23,24). The zero-order valence-corrected chi connectivity index (χ0v) is 13.6. The first-order chi connectivity index (χ1) is 11.6. The van der Waals surface area contributed by atoms with E-state index >= 15 is 0 Å². The molecule has 3 N–H and O–H groups in total. The topological polar surface area (TPSA) is 81.7 Å². The van der Waals surface area contributed by atoms with E-state index in [0.717, 1.165) is 19.4 Å². The predicted octanol–water partition coefficient (Wildman–Crippen LogP) is 1.00. The Bertz CT molecular complexity index is 646. The van der Waals surface area contributed by atoms with E-state index in [4.69, 9.17) is 0 Å². The van der Waals surface area contributed by atoms with Crippen molar-refractivity contribution in [2.45, 2.75) is 49.9 Å². The van der Waals surface area contributed by atoms with E-state index in [1.54, 1.807) is 0 Å². The van der Waals surface area contributed by atoms with Crippen molar-refractivity contribution in [3.8, 4) is 0 Å². The normalized spacial score (nSPS) is 33.5. The largest absolute Gasteiger partial charge is 0.395 e. The molecule has 2 aliphatic heterocycles. The molecule has 3 fully saturated rings. The van der Waals surface area contributed by atoms with Gasteiger partial charge in [-0.1, -0.05) is 30.3 Å². The highest BCUT2D eigenvalue weighted by molar-refractivity contribution is 6.07. The van der Waals surface area contributed by atoms with Crippen LogP contribution in [0.1, 0.15) is 31.2 Å². The number of piperidine rings is 1. The molecule has 6 nitrogen and oxygen atoms in total. The van der Waals surface area contributed by atoms with E-state index in [-0.39, 0.29) is 24.6 Å². The average molecular weight is 329 g/mol. The lowest BCUT2D eigenvalue weighted by Crippen LogP contribution is -2.63. The number of nitrogens with one attached hydrogen (secondary N) is 2. The molecule has 4 rings (SSSR count). The summed E-state index contributed by atoms with van der Waals surface area (Å²) in [6.45, 7) is 0.750. The van der Waals surface area contributed by atoms with Crippen LogP contribution in [0.3, 0.4) is 0 Å². The summed E-state index contributed by atoms with van der Waals surface area (Å²) in [6.07, 6.45) is 3.38. The summed E-state index contributed by atoms with van der Waals surface area (Å²) in [6, 6.07) is 9.88. The number of urea groups is 1. The molecule has 1 aliphatic carbocycles. The zero-order valence-electron chi connectivity index (χ0n) is 13.6. The van der Waals surface area contributed by atoms with Crippen LogP contribution in [-0.4, -0.2) is 46.2 Å². The Kier molecular flexibility index (Phi) is 3.81. The van der Waals surface area contributed by atoms with E-state index in [9.17, 15) is 14.7 Å². The van der Waals surface area contributed by atoms with Crippen LogP contribution in [0.5, 0.6) is 0 Å². The third-order valence-corrected chi connectivity index (χ3v) is 5.64. The van der Waals surface area contributed by atoms with Crippen molar-refractivity contribution in [3.63, 3.8) is 0 Å². The van der Waals surface area contributed by atoms with Gasteiger partial charge < -0.3 is 10.4 Å². The fraction of sp³-hybridized carbons (Fsp3) is 0.556. The number of nitrogens with zero attached hydrogens (tertiary/aromatic N) is 1. The summed E-state index contributed by atoms with van der Waals surface area (Å²) in [4.78, 5) is 26.4. The van der Waals surface area contributed by atoms with E-state index in [1.165, 1.54) is 5.56 Å². The van der Waals surface area contributed by atoms with Crippen molar-refractivity contribution >= 4 is 11.9 Å². The smallest absolute Gasteiger partial charge is 0.322 e. The van der Waals surface area contributed by atoms with Crippen LogP contribution < -0.4 is 10.6 Å².